The molecule has 4 aromatic heterocycles. The Balaban J connectivity index is 1.00. The van der Waals surface area contributed by atoms with Gasteiger partial charge in [-0.05, 0) is 72.5 Å². The van der Waals surface area contributed by atoms with Crippen molar-refractivity contribution in [3.05, 3.63) is 126 Å². The van der Waals surface area contributed by atoms with Gasteiger partial charge >= 0.3 is 23.9 Å². The number of carboxylic acids is 2. The summed E-state index contributed by atoms with van der Waals surface area (Å²) in [6.07, 6.45) is -1.08. The minimum absolute atomic E-state index is 0.0270. The molecule has 7 N–H and O–H groups in total. The highest BCUT2D eigenvalue weighted by atomic mass is 16.6. The molecule has 0 fully saturated rings. The zero-order valence-electron chi connectivity index (χ0n) is 39.6. The lowest BCUT2D eigenvalue weighted by atomic mass is 9.71. The summed E-state index contributed by atoms with van der Waals surface area (Å²) in [5.41, 5.74) is -2.07. The zero-order valence-corrected chi connectivity index (χ0v) is 39.6. The topological polar surface area (TPSA) is 308 Å². The molecule has 10 rings (SSSR count). The number of ether oxygens (including phenoxy) is 2. The fourth-order valence-corrected chi connectivity index (χ4v) is 10.5. The Morgan fingerprint density at radius 3 is 1.55 bits per heavy atom. The van der Waals surface area contributed by atoms with Crippen LogP contribution in [0, 0.1) is 0 Å². The van der Waals surface area contributed by atoms with Crippen molar-refractivity contribution < 1.29 is 58.7 Å². The van der Waals surface area contributed by atoms with Gasteiger partial charge in [0.05, 0.1) is 70.9 Å². The Hall–Kier alpha value is -8.14. The van der Waals surface area contributed by atoms with E-state index in [0.29, 0.717) is 62.3 Å². The maximum Gasteiger partial charge on any atom is 0.343 e. The van der Waals surface area contributed by atoms with Crippen LogP contribution in [0.1, 0.15) is 90.5 Å². The van der Waals surface area contributed by atoms with Crippen molar-refractivity contribution in [1.29, 1.82) is 0 Å². The second-order valence-corrected chi connectivity index (χ2v) is 18.7. The number of rotatable bonds is 16. The first-order chi connectivity index (χ1) is 34.9. The average Bonchev–Trinajstić information content (AvgIpc) is 3.92. The molecular formula is C52H49N7O14. The van der Waals surface area contributed by atoms with Crippen molar-refractivity contribution in [3.63, 3.8) is 0 Å². The van der Waals surface area contributed by atoms with Crippen LogP contribution in [0.3, 0.4) is 0 Å². The number of amides is 2. The van der Waals surface area contributed by atoms with Gasteiger partial charge in [0, 0.05) is 65.6 Å². The minimum Gasteiger partial charge on any atom is -0.481 e. The first kappa shape index (κ1) is 48.5. The van der Waals surface area contributed by atoms with Crippen LogP contribution in [0.2, 0.25) is 0 Å². The molecule has 4 aliphatic heterocycles. The molecule has 2 amide bonds. The summed E-state index contributed by atoms with van der Waals surface area (Å²) in [5.74, 6) is -5.15. The number of pyridine rings is 4. The zero-order chi connectivity index (χ0) is 51.7. The van der Waals surface area contributed by atoms with Crippen molar-refractivity contribution >= 4 is 57.5 Å². The average molecular weight is 996 g/mol. The number of fused-ring (bicyclic) bond motifs is 10. The van der Waals surface area contributed by atoms with Crippen molar-refractivity contribution in [3.8, 4) is 22.8 Å². The van der Waals surface area contributed by atoms with Crippen molar-refractivity contribution in [2.75, 3.05) is 26.2 Å². The number of carboxylic acid groups (broad SMARTS) is 2. The summed E-state index contributed by atoms with van der Waals surface area (Å²) in [7, 11) is 0. The maximum absolute atomic E-state index is 14.1. The van der Waals surface area contributed by atoms with Gasteiger partial charge in [-0.2, -0.15) is 0 Å². The molecule has 8 heterocycles. The van der Waals surface area contributed by atoms with Crippen molar-refractivity contribution in [2.45, 2.75) is 88.9 Å². The standard InChI is InChI=1S/C52H49N7O14/c1-3-51(70)34-19-38-43-28(22-58(38)45(64)32(34)24-72-48(51)68)15-26-17-30(5-7-36(26)56-43)50(47(66)67,21-41(61)55-14-12-53-11-13-54-40(60)9-10-42(62)63)31-6-8-37-27(18-31)16-29-23-59-39(44(29)57-37)20-35-33(46(59)65)25-73-49(69)52(35,71)4-2/h5-8,15-20,53,70-71H,3-4,9-14,21-25H2,1-2H3,(H,54,60)(H,55,61)(H,62,63)(H,66,67)/t51-,52-/m0/s1. The van der Waals surface area contributed by atoms with Gasteiger partial charge in [0.2, 0.25) is 11.8 Å². The highest BCUT2D eigenvalue weighted by molar-refractivity contribution is 5.97. The summed E-state index contributed by atoms with van der Waals surface area (Å²) in [6, 6.07) is 16.5. The number of hydrogen-bond acceptors (Lipinski definition) is 15. The van der Waals surface area contributed by atoms with E-state index in [-0.39, 0.29) is 105 Å². The fraction of sp³-hybridized carbons (Fsp3) is 0.346. The molecule has 0 spiro atoms. The second kappa shape index (κ2) is 18.2. The number of nitrogens with one attached hydrogen (secondary N) is 3. The van der Waals surface area contributed by atoms with Crippen LogP contribution in [0.15, 0.2) is 70.3 Å². The summed E-state index contributed by atoms with van der Waals surface area (Å²) < 4.78 is 13.4. The number of benzene rings is 2. The highest BCUT2D eigenvalue weighted by Crippen LogP contribution is 2.44. The van der Waals surface area contributed by atoms with Gasteiger partial charge in [-0.25, -0.2) is 19.6 Å². The molecule has 0 saturated heterocycles. The first-order valence-electron chi connectivity index (χ1n) is 23.8. The Morgan fingerprint density at radius 1 is 0.644 bits per heavy atom. The highest BCUT2D eigenvalue weighted by Gasteiger charge is 2.48. The molecule has 0 radical (unpaired) electrons. The van der Waals surface area contributed by atoms with Crippen LogP contribution in [0.25, 0.3) is 44.6 Å². The molecule has 73 heavy (non-hydrogen) atoms. The lowest BCUT2D eigenvalue weighted by Crippen LogP contribution is -2.44. The number of hydrogen-bond donors (Lipinski definition) is 7. The molecular weight excluding hydrogens is 947 g/mol. The molecule has 6 aromatic rings. The number of nitrogens with zero attached hydrogens (tertiary/aromatic N) is 4. The van der Waals surface area contributed by atoms with Crippen LogP contribution < -0.4 is 27.1 Å². The van der Waals surface area contributed by atoms with E-state index in [2.05, 4.69) is 16.0 Å². The van der Waals surface area contributed by atoms with E-state index in [0.717, 1.165) is 0 Å². The third-order valence-corrected chi connectivity index (χ3v) is 14.6. The number of aromatic nitrogens is 4. The summed E-state index contributed by atoms with van der Waals surface area (Å²) in [5, 5.41) is 52.5. The number of carbonyl (C=O) groups is 6. The lowest BCUT2D eigenvalue weighted by molar-refractivity contribution is -0.172. The van der Waals surface area contributed by atoms with E-state index in [1.807, 2.05) is 0 Å². The SMILES string of the molecule is CC[C@@]1(O)C(=O)OCc2c1cc1n(c2=O)Cc2cc3cc(C(CC(=O)NCCNCCNC(=O)CCC(=O)O)(C(=O)O)c4ccc5nc6c(cc5c4)Cn4c-6cc5c(c4=O)COC(=O)[C@]5(O)CC)ccc3nc2-1. The molecule has 376 valence electrons. The molecule has 0 aliphatic carbocycles. The van der Waals surface area contributed by atoms with Crippen molar-refractivity contribution in [2.24, 2.45) is 0 Å². The summed E-state index contributed by atoms with van der Waals surface area (Å²) in [4.78, 5) is 114. The third kappa shape index (κ3) is 7.90. The molecule has 0 unspecified atom stereocenters. The van der Waals surface area contributed by atoms with Crippen molar-refractivity contribution in [1.82, 2.24) is 35.1 Å². The third-order valence-electron chi connectivity index (χ3n) is 14.6. The molecule has 21 nitrogen and oxygen atoms in total. The largest absolute Gasteiger partial charge is 0.481 e. The Bertz CT molecular complexity index is 3360. The Labute approximate surface area is 413 Å². The van der Waals surface area contributed by atoms with Crippen LogP contribution in [0.4, 0.5) is 0 Å². The monoisotopic (exact) mass is 995 g/mol. The maximum atomic E-state index is 14.1. The van der Waals surface area contributed by atoms with Crippen LogP contribution in [-0.2, 0) is 81.2 Å². The number of cyclic esters (lactones) is 2. The quantitative estimate of drug-likeness (QED) is 0.0537. The number of aliphatic hydroxyl groups is 2. The minimum atomic E-state index is -2.04. The normalized spacial score (nSPS) is 18.2. The molecule has 2 atom stereocenters. The second-order valence-electron chi connectivity index (χ2n) is 18.7. The van der Waals surface area contributed by atoms with Crippen LogP contribution in [0.5, 0.6) is 0 Å². The predicted molar refractivity (Wildman–Crippen MR) is 258 cm³/mol. The van der Waals surface area contributed by atoms with Crippen LogP contribution >= 0.6 is 0 Å². The molecule has 2 aromatic carbocycles. The number of carbonyl (C=O) groups excluding carboxylic acids is 4. The van der Waals surface area contributed by atoms with Crippen LogP contribution in [-0.4, -0.2) is 101 Å². The van der Waals surface area contributed by atoms with Gasteiger partial charge in [0.25, 0.3) is 11.1 Å². The molecule has 21 heteroatoms. The van der Waals surface area contributed by atoms with Gasteiger partial charge < -0.3 is 55.0 Å². The molecule has 0 bridgehead atoms. The van der Waals surface area contributed by atoms with Gasteiger partial charge in [0.15, 0.2) is 11.2 Å². The lowest BCUT2D eigenvalue weighted by Gasteiger charge is -2.31. The van der Waals surface area contributed by atoms with E-state index < -0.39 is 69.8 Å². The molecule has 0 saturated carbocycles. The van der Waals surface area contributed by atoms with Gasteiger partial charge in [-0.15, -0.1) is 0 Å². The van der Waals surface area contributed by atoms with E-state index >= 15 is 0 Å². The van der Waals surface area contributed by atoms with Gasteiger partial charge in [-0.3, -0.25) is 28.8 Å². The summed E-state index contributed by atoms with van der Waals surface area (Å²) in [6.45, 7) is 3.67. The number of esters is 2. The van der Waals surface area contributed by atoms with E-state index in [1.54, 1.807) is 74.5 Å². The predicted octanol–water partition coefficient (Wildman–Crippen LogP) is 1.92. The van der Waals surface area contributed by atoms with Gasteiger partial charge in [-0.1, -0.05) is 26.0 Å². The first-order valence-corrected chi connectivity index (χ1v) is 23.8. The fourth-order valence-electron chi connectivity index (χ4n) is 10.5. The number of aliphatic carboxylic acids is 2. The Morgan fingerprint density at radius 2 is 1.11 bits per heavy atom. The molecule has 4 aliphatic rings. The van der Waals surface area contributed by atoms with E-state index in [9.17, 15) is 53.7 Å². The summed E-state index contributed by atoms with van der Waals surface area (Å²) >= 11 is 0. The Kier molecular flexibility index (Phi) is 12.1. The van der Waals surface area contributed by atoms with Gasteiger partial charge in [0.1, 0.15) is 18.6 Å². The van der Waals surface area contributed by atoms with E-state index in [1.165, 1.54) is 9.13 Å². The smallest absolute Gasteiger partial charge is 0.343 e. The van der Waals surface area contributed by atoms with E-state index in [4.69, 9.17) is 24.5 Å².